The van der Waals surface area contributed by atoms with Gasteiger partial charge in [0.05, 0.1) is 17.7 Å². The molecule has 0 N–H and O–H groups in total. The van der Waals surface area contributed by atoms with Crippen molar-refractivity contribution in [3.63, 3.8) is 0 Å². The molecule has 15 heavy (non-hydrogen) atoms. The first kappa shape index (κ1) is 10.0. The third kappa shape index (κ3) is 2.30. The van der Waals surface area contributed by atoms with Crippen LogP contribution in [0.4, 0.5) is 0 Å². The summed E-state index contributed by atoms with van der Waals surface area (Å²) in [6.07, 6.45) is 5.27. The van der Waals surface area contributed by atoms with E-state index in [1.807, 2.05) is 25.1 Å². The summed E-state index contributed by atoms with van der Waals surface area (Å²) in [4.78, 5) is 0. The van der Waals surface area contributed by atoms with Gasteiger partial charge in [0.25, 0.3) is 0 Å². The van der Waals surface area contributed by atoms with Gasteiger partial charge < -0.3 is 4.74 Å². The molecule has 0 atom stereocenters. The Morgan fingerprint density at radius 3 is 2.67 bits per heavy atom. The molecule has 2 nitrogen and oxygen atoms in total. The molecule has 0 amide bonds. The number of ether oxygens (including phenoxy) is 1. The molecular formula is C13H15NO. The Morgan fingerprint density at radius 1 is 1.33 bits per heavy atom. The third-order valence-electron chi connectivity index (χ3n) is 2.92. The van der Waals surface area contributed by atoms with Gasteiger partial charge in [0, 0.05) is 0 Å². The summed E-state index contributed by atoms with van der Waals surface area (Å²) in [5.74, 6) is 0.901. The molecule has 78 valence electrons. The Hall–Kier alpha value is -1.49. The van der Waals surface area contributed by atoms with Crippen LogP contribution in [0.15, 0.2) is 18.2 Å². The fraction of sp³-hybridized carbons (Fsp3) is 0.462. The molecule has 0 spiro atoms. The molecule has 0 saturated heterocycles. The number of nitrogens with zero attached hydrogens (tertiary/aromatic N) is 1. The van der Waals surface area contributed by atoms with Crippen LogP contribution in [0.3, 0.4) is 0 Å². The molecule has 2 heteroatoms. The second kappa shape index (κ2) is 4.35. The van der Waals surface area contributed by atoms with Gasteiger partial charge in [-0.2, -0.15) is 5.26 Å². The van der Waals surface area contributed by atoms with Crippen LogP contribution in [-0.4, -0.2) is 6.10 Å². The molecule has 0 unspecified atom stereocenters. The Kier molecular flexibility index (Phi) is 2.91. The van der Waals surface area contributed by atoms with Gasteiger partial charge in [-0.3, -0.25) is 0 Å². The second-order valence-corrected chi connectivity index (χ2v) is 4.11. The minimum atomic E-state index is 0.386. The van der Waals surface area contributed by atoms with Crippen LogP contribution in [0.2, 0.25) is 0 Å². The highest BCUT2D eigenvalue weighted by Gasteiger charge is 2.16. The van der Waals surface area contributed by atoms with Gasteiger partial charge in [-0.25, -0.2) is 0 Å². The van der Waals surface area contributed by atoms with E-state index in [1.54, 1.807) is 0 Å². The number of benzene rings is 1. The van der Waals surface area contributed by atoms with E-state index in [0.29, 0.717) is 6.10 Å². The van der Waals surface area contributed by atoms with Crippen molar-refractivity contribution >= 4 is 0 Å². The van der Waals surface area contributed by atoms with Gasteiger partial charge in [0.15, 0.2) is 0 Å². The zero-order valence-corrected chi connectivity index (χ0v) is 8.99. The molecule has 0 radical (unpaired) electrons. The maximum Gasteiger partial charge on any atom is 0.120 e. The molecule has 1 fully saturated rings. The second-order valence-electron chi connectivity index (χ2n) is 4.11. The summed E-state index contributed by atoms with van der Waals surface area (Å²) >= 11 is 0. The number of hydrogen-bond acceptors (Lipinski definition) is 2. The SMILES string of the molecule is Cc1cc(OC2CCCC2)ccc1C#N. The van der Waals surface area contributed by atoms with E-state index in [9.17, 15) is 0 Å². The van der Waals surface area contributed by atoms with Crippen LogP contribution >= 0.6 is 0 Å². The van der Waals surface area contributed by atoms with Crippen LogP contribution in [0.1, 0.15) is 36.8 Å². The van der Waals surface area contributed by atoms with E-state index in [4.69, 9.17) is 10.00 Å². The quantitative estimate of drug-likeness (QED) is 0.736. The number of nitriles is 1. The summed E-state index contributed by atoms with van der Waals surface area (Å²) in [5.41, 5.74) is 1.72. The van der Waals surface area contributed by atoms with Crippen molar-refractivity contribution < 1.29 is 4.74 Å². The van der Waals surface area contributed by atoms with Crippen LogP contribution in [0.5, 0.6) is 5.75 Å². The lowest BCUT2D eigenvalue weighted by molar-refractivity contribution is 0.210. The molecule has 1 aromatic carbocycles. The Bertz CT molecular complexity index is 386. The predicted octanol–water partition coefficient (Wildman–Crippen LogP) is 3.19. The van der Waals surface area contributed by atoms with Crippen molar-refractivity contribution in [1.29, 1.82) is 5.26 Å². The van der Waals surface area contributed by atoms with Gasteiger partial charge in [0.2, 0.25) is 0 Å². The molecule has 0 heterocycles. The maximum absolute atomic E-state index is 8.80. The van der Waals surface area contributed by atoms with Crippen molar-refractivity contribution in [3.05, 3.63) is 29.3 Å². The zero-order chi connectivity index (χ0) is 10.7. The lowest BCUT2D eigenvalue weighted by Gasteiger charge is -2.13. The molecule has 1 aromatic rings. The zero-order valence-electron chi connectivity index (χ0n) is 8.99. The summed E-state index contributed by atoms with van der Waals surface area (Å²) in [5, 5.41) is 8.80. The molecule has 0 aliphatic heterocycles. The number of hydrogen-bond donors (Lipinski definition) is 0. The fourth-order valence-electron chi connectivity index (χ4n) is 2.03. The Balaban J connectivity index is 2.09. The first-order chi connectivity index (χ1) is 7.29. The number of rotatable bonds is 2. The molecular weight excluding hydrogens is 186 g/mol. The van der Waals surface area contributed by atoms with Gasteiger partial charge in [-0.15, -0.1) is 0 Å². The normalized spacial score (nSPS) is 16.3. The van der Waals surface area contributed by atoms with Crippen molar-refractivity contribution in [2.45, 2.75) is 38.7 Å². The standard InChI is InChI=1S/C13H15NO/c1-10-8-13(7-6-11(10)9-14)15-12-4-2-3-5-12/h6-8,12H,2-5H2,1H3. The maximum atomic E-state index is 8.80. The van der Waals surface area contributed by atoms with E-state index in [0.717, 1.165) is 16.9 Å². The highest BCUT2D eigenvalue weighted by Crippen LogP contribution is 2.25. The first-order valence-electron chi connectivity index (χ1n) is 5.47. The fourth-order valence-corrected chi connectivity index (χ4v) is 2.03. The van der Waals surface area contributed by atoms with Crippen LogP contribution in [-0.2, 0) is 0 Å². The van der Waals surface area contributed by atoms with Gasteiger partial charge >= 0.3 is 0 Å². The van der Waals surface area contributed by atoms with Crippen LogP contribution in [0, 0.1) is 18.3 Å². The lowest BCUT2D eigenvalue weighted by atomic mass is 10.1. The highest BCUT2D eigenvalue weighted by molar-refractivity contribution is 5.41. The van der Waals surface area contributed by atoms with Crippen molar-refractivity contribution in [3.8, 4) is 11.8 Å². The summed E-state index contributed by atoms with van der Waals surface area (Å²) in [7, 11) is 0. The molecule has 1 aliphatic rings. The predicted molar refractivity (Wildman–Crippen MR) is 58.8 cm³/mol. The van der Waals surface area contributed by atoms with E-state index in [-0.39, 0.29) is 0 Å². The average molecular weight is 201 g/mol. The molecule has 1 saturated carbocycles. The summed E-state index contributed by atoms with van der Waals surface area (Å²) in [6.45, 7) is 1.94. The smallest absolute Gasteiger partial charge is 0.120 e. The average Bonchev–Trinajstić information content (AvgIpc) is 2.71. The minimum absolute atomic E-state index is 0.386. The van der Waals surface area contributed by atoms with E-state index in [1.165, 1.54) is 25.7 Å². The van der Waals surface area contributed by atoms with E-state index in [2.05, 4.69) is 6.07 Å². The van der Waals surface area contributed by atoms with Crippen LogP contribution in [0.25, 0.3) is 0 Å². The largest absolute Gasteiger partial charge is 0.490 e. The van der Waals surface area contributed by atoms with Crippen molar-refractivity contribution in [2.75, 3.05) is 0 Å². The summed E-state index contributed by atoms with van der Waals surface area (Å²) < 4.78 is 5.85. The molecule has 0 aromatic heterocycles. The van der Waals surface area contributed by atoms with Gasteiger partial charge in [-0.1, -0.05) is 0 Å². The van der Waals surface area contributed by atoms with Gasteiger partial charge in [-0.05, 0) is 56.4 Å². The van der Waals surface area contributed by atoms with Crippen molar-refractivity contribution in [2.24, 2.45) is 0 Å². The lowest BCUT2D eigenvalue weighted by Crippen LogP contribution is -2.10. The highest BCUT2D eigenvalue weighted by atomic mass is 16.5. The first-order valence-corrected chi connectivity index (χ1v) is 5.47. The topological polar surface area (TPSA) is 33.0 Å². The molecule has 0 bridgehead atoms. The van der Waals surface area contributed by atoms with Crippen molar-refractivity contribution in [1.82, 2.24) is 0 Å². The monoisotopic (exact) mass is 201 g/mol. The summed E-state index contributed by atoms with van der Waals surface area (Å²) in [6, 6.07) is 7.84. The molecule has 1 aliphatic carbocycles. The third-order valence-corrected chi connectivity index (χ3v) is 2.92. The Labute approximate surface area is 90.5 Å². The Morgan fingerprint density at radius 2 is 2.07 bits per heavy atom. The van der Waals surface area contributed by atoms with Gasteiger partial charge in [0.1, 0.15) is 5.75 Å². The van der Waals surface area contributed by atoms with E-state index < -0.39 is 0 Å². The molecule has 2 rings (SSSR count). The number of aryl methyl sites for hydroxylation is 1. The minimum Gasteiger partial charge on any atom is -0.490 e. The van der Waals surface area contributed by atoms with E-state index >= 15 is 0 Å². The van der Waals surface area contributed by atoms with Crippen LogP contribution < -0.4 is 4.74 Å².